The van der Waals surface area contributed by atoms with Gasteiger partial charge in [-0.2, -0.15) is 0 Å². The van der Waals surface area contributed by atoms with E-state index in [1.165, 1.54) is 0 Å². The lowest BCUT2D eigenvalue weighted by atomic mass is 10.1. The van der Waals surface area contributed by atoms with E-state index in [-0.39, 0.29) is 24.8 Å². The van der Waals surface area contributed by atoms with Gasteiger partial charge in [-0.25, -0.2) is 8.78 Å². The summed E-state index contributed by atoms with van der Waals surface area (Å²) in [5.41, 5.74) is 0. The van der Waals surface area contributed by atoms with Crippen LogP contribution in [-0.2, 0) is 0 Å². The summed E-state index contributed by atoms with van der Waals surface area (Å²) in [7, 11) is 0. The molecule has 2 heterocycles. The van der Waals surface area contributed by atoms with Crippen molar-refractivity contribution >= 4 is 24.8 Å². The molecule has 0 spiro atoms. The second-order valence-electron chi connectivity index (χ2n) is 4.15. The molecule has 8 heteroatoms. The summed E-state index contributed by atoms with van der Waals surface area (Å²) in [6.45, 7) is 2.19. The minimum Gasteiger partial charge on any atom is -0.389 e. The predicted octanol–water partition coefficient (Wildman–Crippen LogP) is 0.201. The maximum atomic E-state index is 12.3. The number of piperidine rings is 2. The van der Waals surface area contributed by atoms with Crippen molar-refractivity contribution in [1.29, 1.82) is 0 Å². The summed E-state index contributed by atoms with van der Waals surface area (Å²) in [5.74, 6) is 0. The van der Waals surface area contributed by atoms with Gasteiger partial charge in [-0.3, -0.25) is 0 Å². The molecule has 2 aliphatic rings. The molecule has 0 unspecified atom stereocenters. The van der Waals surface area contributed by atoms with Gasteiger partial charge in [0.1, 0.15) is 12.3 Å². The standard InChI is InChI=1S/2C5H10FNO.2ClH/c2*6-4-1-2-7-3-5(4)8;;/h2*4-5,7-8H,1-3H2;2*1H/t2*4-,5-;;/m10../s1. The lowest BCUT2D eigenvalue weighted by Crippen LogP contribution is -2.41. The molecule has 0 aromatic heterocycles. The molecule has 0 amide bonds. The molecule has 0 saturated carbocycles. The van der Waals surface area contributed by atoms with Crippen LogP contribution in [0.5, 0.6) is 0 Å². The third-order valence-electron chi connectivity index (χ3n) is 2.74. The summed E-state index contributed by atoms with van der Waals surface area (Å²) < 4.78 is 24.6. The molecule has 2 fully saturated rings. The number of nitrogens with one attached hydrogen (secondary N) is 2. The van der Waals surface area contributed by atoms with Crippen LogP contribution in [0.15, 0.2) is 0 Å². The molecule has 18 heavy (non-hydrogen) atoms. The highest BCUT2D eigenvalue weighted by molar-refractivity contribution is 5.85. The molecule has 0 bridgehead atoms. The summed E-state index contributed by atoms with van der Waals surface area (Å²) in [4.78, 5) is 0. The molecule has 2 saturated heterocycles. The first kappa shape index (κ1) is 20.6. The van der Waals surface area contributed by atoms with E-state index in [1.54, 1.807) is 0 Å². The second-order valence-corrected chi connectivity index (χ2v) is 4.15. The average Bonchev–Trinajstić information content (AvgIpc) is 2.28. The van der Waals surface area contributed by atoms with E-state index in [1.807, 2.05) is 0 Å². The van der Waals surface area contributed by atoms with Gasteiger partial charge in [0, 0.05) is 13.1 Å². The van der Waals surface area contributed by atoms with Gasteiger partial charge in [0.2, 0.25) is 0 Å². The minimum atomic E-state index is -1.00. The van der Waals surface area contributed by atoms with Gasteiger partial charge in [0.05, 0.1) is 12.2 Å². The van der Waals surface area contributed by atoms with Crippen LogP contribution in [0, 0.1) is 0 Å². The Hall–Kier alpha value is 0.280. The van der Waals surface area contributed by atoms with Crippen molar-refractivity contribution in [3.8, 4) is 0 Å². The first-order valence-electron chi connectivity index (χ1n) is 5.67. The van der Waals surface area contributed by atoms with Gasteiger partial charge in [0.25, 0.3) is 0 Å². The van der Waals surface area contributed by atoms with Crippen molar-refractivity contribution in [3.63, 3.8) is 0 Å². The maximum absolute atomic E-state index is 12.3. The van der Waals surface area contributed by atoms with Gasteiger partial charge >= 0.3 is 0 Å². The molecule has 4 atom stereocenters. The summed E-state index contributed by atoms with van der Waals surface area (Å²) >= 11 is 0. The minimum absolute atomic E-state index is 0. The van der Waals surface area contributed by atoms with Gasteiger partial charge in [0.15, 0.2) is 0 Å². The first-order valence-corrected chi connectivity index (χ1v) is 5.67. The largest absolute Gasteiger partial charge is 0.389 e. The number of aliphatic hydroxyl groups excluding tert-OH is 2. The summed E-state index contributed by atoms with van der Waals surface area (Å²) in [5, 5.41) is 23.2. The number of hydrogen-bond acceptors (Lipinski definition) is 4. The number of aliphatic hydroxyl groups is 2. The lowest BCUT2D eigenvalue weighted by Gasteiger charge is -2.21. The van der Waals surface area contributed by atoms with E-state index in [4.69, 9.17) is 10.2 Å². The third kappa shape index (κ3) is 7.66. The molecule has 2 rings (SSSR count). The highest BCUT2D eigenvalue weighted by atomic mass is 35.5. The average molecular weight is 311 g/mol. The zero-order valence-electron chi connectivity index (χ0n) is 10.0. The van der Waals surface area contributed by atoms with E-state index >= 15 is 0 Å². The maximum Gasteiger partial charge on any atom is 0.128 e. The number of hydrogen-bond donors (Lipinski definition) is 4. The van der Waals surface area contributed by atoms with Crippen molar-refractivity contribution in [2.75, 3.05) is 26.2 Å². The normalized spacial score (nSPS) is 35.3. The Labute approximate surface area is 118 Å². The highest BCUT2D eigenvalue weighted by Gasteiger charge is 2.21. The fraction of sp³-hybridized carbons (Fsp3) is 1.00. The van der Waals surface area contributed by atoms with E-state index in [2.05, 4.69) is 10.6 Å². The highest BCUT2D eigenvalue weighted by Crippen LogP contribution is 2.06. The SMILES string of the molecule is Cl.Cl.O[C@@H]1CNCC[C@H]1F.O[C@H]1CNCC[C@@H]1F. The van der Waals surface area contributed by atoms with Crippen molar-refractivity contribution in [2.45, 2.75) is 37.4 Å². The number of rotatable bonds is 0. The molecular formula is C10H22Cl2F2N2O2. The number of halogens is 4. The van der Waals surface area contributed by atoms with Crippen LogP contribution in [0.1, 0.15) is 12.8 Å². The van der Waals surface area contributed by atoms with Crippen LogP contribution >= 0.6 is 24.8 Å². The van der Waals surface area contributed by atoms with Crippen LogP contribution in [0.3, 0.4) is 0 Å². The van der Waals surface area contributed by atoms with Gasteiger partial charge < -0.3 is 20.8 Å². The van der Waals surface area contributed by atoms with E-state index in [9.17, 15) is 8.78 Å². The van der Waals surface area contributed by atoms with Crippen LogP contribution in [0.4, 0.5) is 8.78 Å². The Balaban J connectivity index is 0. The molecule has 0 aromatic rings. The predicted molar refractivity (Wildman–Crippen MR) is 71.3 cm³/mol. The van der Waals surface area contributed by atoms with Crippen LogP contribution in [0.25, 0.3) is 0 Å². The zero-order valence-corrected chi connectivity index (χ0v) is 11.7. The molecule has 0 aromatic carbocycles. The van der Waals surface area contributed by atoms with Gasteiger partial charge in [-0.15, -0.1) is 24.8 Å². The molecule has 0 aliphatic carbocycles. The van der Waals surface area contributed by atoms with Crippen LogP contribution in [-0.4, -0.2) is 60.9 Å². The molecule has 4 N–H and O–H groups in total. The Morgan fingerprint density at radius 1 is 0.778 bits per heavy atom. The molecule has 2 aliphatic heterocycles. The topological polar surface area (TPSA) is 64.5 Å². The quantitative estimate of drug-likeness (QED) is 0.516. The van der Waals surface area contributed by atoms with E-state index in [0.717, 1.165) is 0 Å². The Kier molecular flexibility index (Phi) is 12.7. The Morgan fingerprint density at radius 3 is 1.28 bits per heavy atom. The zero-order chi connectivity index (χ0) is 12.0. The van der Waals surface area contributed by atoms with Crippen molar-refractivity contribution in [1.82, 2.24) is 10.6 Å². The molecule has 112 valence electrons. The van der Waals surface area contributed by atoms with Gasteiger partial charge in [-0.05, 0) is 25.9 Å². The molecule has 4 nitrogen and oxygen atoms in total. The van der Waals surface area contributed by atoms with Crippen molar-refractivity contribution in [2.24, 2.45) is 0 Å². The number of alkyl halides is 2. The van der Waals surface area contributed by atoms with Crippen LogP contribution < -0.4 is 10.6 Å². The number of β-amino-alcohol motifs (C(OH)–C–C–N with tert-alkyl or cyclic N) is 2. The smallest absolute Gasteiger partial charge is 0.128 e. The van der Waals surface area contributed by atoms with E-state index in [0.29, 0.717) is 39.0 Å². The fourth-order valence-corrected chi connectivity index (χ4v) is 1.62. The van der Waals surface area contributed by atoms with Crippen LogP contribution in [0.2, 0.25) is 0 Å². The third-order valence-corrected chi connectivity index (χ3v) is 2.74. The monoisotopic (exact) mass is 310 g/mol. The molecule has 0 radical (unpaired) electrons. The molecular weight excluding hydrogens is 289 g/mol. The van der Waals surface area contributed by atoms with Gasteiger partial charge in [-0.1, -0.05) is 0 Å². The lowest BCUT2D eigenvalue weighted by molar-refractivity contribution is 0.0549. The summed E-state index contributed by atoms with van der Waals surface area (Å²) in [6, 6.07) is 0. The Bertz CT molecular complexity index is 167. The van der Waals surface area contributed by atoms with E-state index < -0.39 is 24.6 Å². The van der Waals surface area contributed by atoms with Crippen molar-refractivity contribution in [3.05, 3.63) is 0 Å². The first-order chi connectivity index (χ1) is 7.61. The Morgan fingerprint density at radius 2 is 1.11 bits per heavy atom. The van der Waals surface area contributed by atoms with Crippen molar-refractivity contribution < 1.29 is 19.0 Å². The second kappa shape index (κ2) is 11.1. The fourth-order valence-electron chi connectivity index (χ4n) is 1.62. The summed E-state index contributed by atoms with van der Waals surface area (Å²) in [6.07, 6.45) is -2.66.